The molecule has 0 aliphatic heterocycles. The molecule has 0 fully saturated rings. The lowest BCUT2D eigenvalue weighted by Crippen LogP contribution is -2.30. The van der Waals surface area contributed by atoms with E-state index in [0.29, 0.717) is 5.82 Å². The summed E-state index contributed by atoms with van der Waals surface area (Å²) in [5.41, 5.74) is 0. The summed E-state index contributed by atoms with van der Waals surface area (Å²) in [6.07, 6.45) is 0.828. The van der Waals surface area contributed by atoms with Crippen LogP contribution in [0.15, 0.2) is 23.7 Å². The second-order valence-electron chi connectivity index (χ2n) is 3.44. The Labute approximate surface area is 102 Å². The molecule has 0 aliphatic carbocycles. The van der Waals surface area contributed by atoms with Crippen molar-refractivity contribution >= 4 is 33.2 Å². The molecular weight excluding hydrogens is 240 g/mol. The molecule has 0 amide bonds. The summed E-state index contributed by atoms with van der Waals surface area (Å²) in [5.74, 6) is -0.301. The molecule has 17 heavy (non-hydrogen) atoms. The number of carbonyl (C=O) groups is 1. The first-order chi connectivity index (χ1) is 8.22. The molecule has 0 spiro atoms. The number of thiophene rings is 1. The lowest BCUT2D eigenvalue weighted by atomic mass is 10.3. The molecule has 2 aromatic heterocycles. The summed E-state index contributed by atoms with van der Waals surface area (Å²) in [6.45, 7) is 0.188. The Morgan fingerprint density at radius 1 is 1.65 bits per heavy atom. The normalized spacial score (nSPS) is 12.5. The van der Waals surface area contributed by atoms with Gasteiger partial charge < -0.3 is 15.2 Å². The Hall–Kier alpha value is -1.66. The van der Waals surface area contributed by atoms with Crippen molar-refractivity contribution < 1.29 is 14.6 Å². The van der Waals surface area contributed by atoms with Crippen LogP contribution >= 0.6 is 11.3 Å². The predicted octanol–water partition coefficient (Wildman–Crippen LogP) is 1.81. The number of rotatable bonds is 5. The third-order valence-corrected chi connectivity index (χ3v) is 3.28. The lowest BCUT2D eigenvalue weighted by Gasteiger charge is -2.12. The second kappa shape index (κ2) is 5.11. The van der Waals surface area contributed by atoms with Crippen LogP contribution in [0, 0.1) is 0 Å². The maximum atomic E-state index is 10.8. The van der Waals surface area contributed by atoms with Gasteiger partial charge in [0, 0.05) is 23.4 Å². The number of aliphatic carboxylic acids is 1. The van der Waals surface area contributed by atoms with E-state index in [9.17, 15) is 4.79 Å². The molecule has 1 atom stereocenters. The third kappa shape index (κ3) is 2.54. The highest BCUT2D eigenvalue weighted by atomic mass is 32.1. The van der Waals surface area contributed by atoms with E-state index in [4.69, 9.17) is 9.84 Å². The van der Waals surface area contributed by atoms with E-state index in [1.54, 1.807) is 17.5 Å². The zero-order valence-corrected chi connectivity index (χ0v) is 10.0. The smallest absolute Gasteiger partial charge is 0.334 e. The zero-order valence-electron chi connectivity index (χ0n) is 9.21. The van der Waals surface area contributed by atoms with Crippen molar-refractivity contribution in [2.24, 2.45) is 0 Å². The van der Waals surface area contributed by atoms with Crippen LogP contribution in [0.5, 0.6) is 0 Å². The van der Waals surface area contributed by atoms with Gasteiger partial charge in [-0.25, -0.2) is 9.78 Å². The number of anilines is 1. The van der Waals surface area contributed by atoms with Gasteiger partial charge in [-0.3, -0.25) is 0 Å². The van der Waals surface area contributed by atoms with Gasteiger partial charge in [0.05, 0.1) is 6.54 Å². The van der Waals surface area contributed by atoms with Crippen LogP contribution in [-0.4, -0.2) is 35.8 Å². The number of hydrogen-bond acceptors (Lipinski definition) is 5. The van der Waals surface area contributed by atoms with E-state index in [1.165, 1.54) is 7.11 Å². The number of ether oxygens (including phenoxy) is 1. The topological polar surface area (TPSA) is 71.5 Å². The second-order valence-corrected chi connectivity index (χ2v) is 4.38. The number of nitrogens with one attached hydrogen (secondary N) is 1. The Morgan fingerprint density at radius 2 is 2.47 bits per heavy atom. The van der Waals surface area contributed by atoms with Crippen LogP contribution in [0.25, 0.3) is 10.1 Å². The monoisotopic (exact) mass is 252 g/mol. The van der Waals surface area contributed by atoms with Gasteiger partial charge in [-0.05, 0) is 17.5 Å². The third-order valence-electron chi connectivity index (χ3n) is 2.39. The SMILES string of the molecule is COC(CNc1nccc2sccc12)C(=O)O. The Balaban J connectivity index is 2.13. The van der Waals surface area contributed by atoms with Crippen molar-refractivity contribution in [3.63, 3.8) is 0 Å². The van der Waals surface area contributed by atoms with E-state index in [-0.39, 0.29) is 6.54 Å². The minimum Gasteiger partial charge on any atom is -0.479 e. The van der Waals surface area contributed by atoms with Crippen LogP contribution in [0.1, 0.15) is 0 Å². The van der Waals surface area contributed by atoms with Crippen molar-refractivity contribution in [1.82, 2.24) is 4.98 Å². The number of fused-ring (bicyclic) bond motifs is 1. The van der Waals surface area contributed by atoms with Crippen molar-refractivity contribution in [2.75, 3.05) is 19.0 Å². The summed E-state index contributed by atoms with van der Waals surface area (Å²) in [7, 11) is 1.37. The molecule has 0 saturated carbocycles. The molecule has 0 aromatic carbocycles. The molecule has 2 aromatic rings. The maximum Gasteiger partial charge on any atom is 0.334 e. The molecule has 5 nitrogen and oxygen atoms in total. The Kier molecular flexibility index (Phi) is 3.55. The van der Waals surface area contributed by atoms with Gasteiger partial charge in [0.25, 0.3) is 0 Å². The van der Waals surface area contributed by atoms with Crippen molar-refractivity contribution in [3.05, 3.63) is 23.7 Å². The Bertz CT molecular complexity index is 526. The highest BCUT2D eigenvalue weighted by molar-refractivity contribution is 7.17. The molecular formula is C11H12N2O3S. The molecule has 0 radical (unpaired) electrons. The predicted molar refractivity (Wildman–Crippen MR) is 66.5 cm³/mol. The number of carboxylic acids is 1. The number of methoxy groups -OCH3 is 1. The summed E-state index contributed by atoms with van der Waals surface area (Å²) in [4.78, 5) is 15.0. The van der Waals surface area contributed by atoms with Crippen molar-refractivity contribution in [1.29, 1.82) is 0 Å². The van der Waals surface area contributed by atoms with Gasteiger partial charge in [-0.2, -0.15) is 0 Å². The lowest BCUT2D eigenvalue weighted by molar-refractivity contribution is -0.147. The first-order valence-electron chi connectivity index (χ1n) is 5.04. The standard InChI is InChI=1S/C11H12N2O3S/c1-16-8(11(14)15)6-13-10-7-3-5-17-9(7)2-4-12-10/h2-5,8H,6H2,1H3,(H,12,13)(H,14,15). The summed E-state index contributed by atoms with van der Waals surface area (Å²) in [5, 5.41) is 14.8. The molecule has 0 aliphatic rings. The minimum absolute atomic E-state index is 0.188. The van der Waals surface area contributed by atoms with Gasteiger partial charge in [-0.1, -0.05) is 0 Å². The van der Waals surface area contributed by atoms with Crippen molar-refractivity contribution in [2.45, 2.75) is 6.10 Å². The first kappa shape index (κ1) is 11.8. The maximum absolute atomic E-state index is 10.8. The van der Waals surface area contributed by atoms with E-state index >= 15 is 0 Å². The number of nitrogens with zero attached hydrogens (tertiary/aromatic N) is 1. The largest absolute Gasteiger partial charge is 0.479 e. The molecule has 0 bridgehead atoms. The molecule has 90 valence electrons. The van der Waals surface area contributed by atoms with Gasteiger partial charge >= 0.3 is 5.97 Å². The van der Waals surface area contributed by atoms with Gasteiger partial charge in [0.2, 0.25) is 0 Å². The number of hydrogen-bond donors (Lipinski definition) is 2. The molecule has 0 saturated heterocycles. The molecule has 2 N–H and O–H groups in total. The number of carboxylic acid groups (broad SMARTS) is 1. The minimum atomic E-state index is -0.988. The van der Waals surface area contributed by atoms with E-state index in [0.717, 1.165) is 10.1 Å². The highest BCUT2D eigenvalue weighted by Gasteiger charge is 2.16. The molecule has 6 heteroatoms. The fourth-order valence-corrected chi connectivity index (χ4v) is 2.28. The highest BCUT2D eigenvalue weighted by Crippen LogP contribution is 2.25. The van der Waals surface area contributed by atoms with Gasteiger partial charge in [0.15, 0.2) is 6.10 Å². The summed E-state index contributed by atoms with van der Waals surface area (Å²) < 4.78 is 5.96. The van der Waals surface area contributed by atoms with Crippen LogP contribution in [0.3, 0.4) is 0 Å². The van der Waals surface area contributed by atoms with Crippen molar-refractivity contribution in [3.8, 4) is 0 Å². The van der Waals surface area contributed by atoms with Crippen LogP contribution in [-0.2, 0) is 9.53 Å². The summed E-state index contributed by atoms with van der Waals surface area (Å²) in [6, 6.07) is 3.88. The number of aromatic nitrogens is 1. The van der Waals surface area contributed by atoms with Gasteiger partial charge in [-0.15, -0.1) is 11.3 Å². The summed E-state index contributed by atoms with van der Waals surface area (Å²) >= 11 is 1.62. The van der Waals surface area contributed by atoms with Crippen LogP contribution in [0.4, 0.5) is 5.82 Å². The van der Waals surface area contributed by atoms with Crippen LogP contribution < -0.4 is 5.32 Å². The average Bonchev–Trinajstić information content (AvgIpc) is 2.78. The Morgan fingerprint density at radius 3 is 3.18 bits per heavy atom. The zero-order chi connectivity index (χ0) is 12.3. The molecule has 2 heterocycles. The van der Waals surface area contributed by atoms with E-state index < -0.39 is 12.1 Å². The average molecular weight is 252 g/mol. The van der Waals surface area contributed by atoms with Crippen LogP contribution in [0.2, 0.25) is 0 Å². The van der Waals surface area contributed by atoms with E-state index in [2.05, 4.69) is 10.3 Å². The first-order valence-corrected chi connectivity index (χ1v) is 5.92. The fourth-order valence-electron chi connectivity index (χ4n) is 1.50. The quantitative estimate of drug-likeness (QED) is 0.849. The molecule has 1 unspecified atom stereocenters. The van der Waals surface area contributed by atoms with E-state index in [1.807, 2.05) is 17.5 Å². The van der Waals surface area contributed by atoms with Gasteiger partial charge in [0.1, 0.15) is 5.82 Å². The number of pyridine rings is 1. The fraction of sp³-hybridized carbons (Fsp3) is 0.273. The molecule has 2 rings (SSSR count).